The van der Waals surface area contributed by atoms with E-state index >= 15 is 0 Å². The van der Waals surface area contributed by atoms with Crippen LogP contribution in [0.3, 0.4) is 0 Å². The van der Waals surface area contributed by atoms with Crippen LogP contribution in [0.15, 0.2) is 29.2 Å². The van der Waals surface area contributed by atoms with Crippen molar-refractivity contribution >= 4 is 35.2 Å². The van der Waals surface area contributed by atoms with Crippen LogP contribution in [-0.4, -0.2) is 17.6 Å². The number of carbonyl (C=O) groups excluding carboxylic acids is 2. The third kappa shape index (κ3) is 5.04. The Morgan fingerprint density at radius 1 is 0.964 bits per heavy atom. The monoisotopic (exact) mass is 420 g/mol. The highest BCUT2D eigenvalue weighted by Gasteiger charge is 2.51. The average Bonchev–Trinajstić information content (AvgIpc) is 2.63. The Hall–Kier alpha value is -1.20. The van der Waals surface area contributed by atoms with Crippen LogP contribution in [0, 0.1) is 23.2 Å². The van der Waals surface area contributed by atoms with Crippen LogP contribution in [-0.2, 0) is 9.59 Å². The second-order valence-electron chi connectivity index (χ2n) is 9.10. The largest absolute Gasteiger partial charge is 0.273 e. The van der Waals surface area contributed by atoms with Gasteiger partial charge in [0, 0.05) is 22.8 Å². The minimum atomic E-state index is -0.115. The standard InChI is InChI=1S/C22H29ClN2O2S/c23-18-3-5-19(6-4-18)28-7-1-2-20(26)24-25-21(27)14-22-11-15-8-16(12-22)10-17(9-15)13-22/h3-6,15-17H,1-2,7-14H2,(H,24,26)(H,25,27). The number of thioether (sulfide) groups is 1. The lowest BCUT2D eigenvalue weighted by atomic mass is 9.49. The predicted molar refractivity (Wildman–Crippen MR) is 113 cm³/mol. The molecule has 5 rings (SSSR count). The molecule has 28 heavy (non-hydrogen) atoms. The zero-order valence-corrected chi connectivity index (χ0v) is 17.8. The number of rotatable bonds is 7. The molecule has 4 fully saturated rings. The van der Waals surface area contributed by atoms with Gasteiger partial charge in [-0.15, -0.1) is 11.8 Å². The molecule has 0 radical (unpaired) electrons. The van der Waals surface area contributed by atoms with Gasteiger partial charge in [0.05, 0.1) is 0 Å². The Labute approximate surface area is 176 Å². The zero-order chi connectivity index (χ0) is 19.6. The molecule has 0 heterocycles. The van der Waals surface area contributed by atoms with E-state index < -0.39 is 0 Å². The van der Waals surface area contributed by atoms with Crippen molar-refractivity contribution in [3.8, 4) is 0 Å². The number of amides is 2. The maximum Gasteiger partial charge on any atom is 0.238 e. The highest BCUT2D eigenvalue weighted by atomic mass is 35.5. The molecule has 2 amide bonds. The summed E-state index contributed by atoms with van der Waals surface area (Å²) >= 11 is 7.58. The molecule has 4 nitrogen and oxygen atoms in total. The van der Waals surface area contributed by atoms with E-state index in [-0.39, 0.29) is 17.2 Å². The lowest BCUT2D eigenvalue weighted by Crippen LogP contribution is -2.50. The van der Waals surface area contributed by atoms with Crippen molar-refractivity contribution in [2.75, 3.05) is 5.75 Å². The van der Waals surface area contributed by atoms with E-state index in [1.807, 2.05) is 24.3 Å². The first-order valence-electron chi connectivity index (χ1n) is 10.5. The second-order valence-corrected chi connectivity index (χ2v) is 10.7. The molecular weight excluding hydrogens is 392 g/mol. The van der Waals surface area contributed by atoms with Gasteiger partial charge in [-0.1, -0.05) is 11.6 Å². The van der Waals surface area contributed by atoms with E-state index in [9.17, 15) is 9.59 Å². The topological polar surface area (TPSA) is 58.2 Å². The first-order chi connectivity index (χ1) is 13.5. The minimum absolute atomic E-state index is 0.0224. The van der Waals surface area contributed by atoms with Crippen LogP contribution in [0.5, 0.6) is 0 Å². The quantitative estimate of drug-likeness (QED) is 0.372. The predicted octanol–water partition coefficient (Wildman–Crippen LogP) is 4.97. The maximum absolute atomic E-state index is 12.4. The van der Waals surface area contributed by atoms with Gasteiger partial charge in [-0.3, -0.25) is 20.4 Å². The summed E-state index contributed by atoms with van der Waals surface area (Å²) in [6.07, 6.45) is 9.53. The number of hydrazine groups is 1. The fraction of sp³-hybridized carbons (Fsp3) is 0.636. The molecule has 4 saturated carbocycles. The smallest absolute Gasteiger partial charge is 0.238 e. The fourth-order valence-corrected chi connectivity index (χ4v) is 7.03. The molecule has 0 saturated heterocycles. The summed E-state index contributed by atoms with van der Waals surface area (Å²) in [5, 5.41) is 0.730. The van der Waals surface area contributed by atoms with Crippen molar-refractivity contribution in [3.63, 3.8) is 0 Å². The van der Waals surface area contributed by atoms with E-state index in [2.05, 4.69) is 10.9 Å². The third-order valence-corrected chi connectivity index (χ3v) is 8.02. The van der Waals surface area contributed by atoms with E-state index in [4.69, 9.17) is 11.6 Å². The molecule has 4 aliphatic carbocycles. The molecule has 6 heteroatoms. The molecule has 1 aromatic rings. The van der Waals surface area contributed by atoms with Crippen molar-refractivity contribution in [1.82, 2.24) is 10.9 Å². The number of hydrogen-bond acceptors (Lipinski definition) is 3. The molecule has 152 valence electrons. The molecular formula is C22H29ClN2O2S. The third-order valence-electron chi connectivity index (χ3n) is 6.67. The van der Waals surface area contributed by atoms with Crippen LogP contribution < -0.4 is 10.9 Å². The highest BCUT2D eigenvalue weighted by molar-refractivity contribution is 7.99. The normalized spacial score (nSPS) is 30.2. The van der Waals surface area contributed by atoms with Crippen LogP contribution in [0.4, 0.5) is 0 Å². The number of carbonyl (C=O) groups is 2. The lowest BCUT2D eigenvalue weighted by Gasteiger charge is -2.56. The molecule has 1 aromatic carbocycles. The number of halogens is 1. The summed E-state index contributed by atoms with van der Waals surface area (Å²) in [5.41, 5.74) is 5.48. The van der Waals surface area contributed by atoms with E-state index in [1.54, 1.807) is 11.8 Å². The van der Waals surface area contributed by atoms with Gasteiger partial charge < -0.3 is 0 Å². The molecule has 0 atom stereocenters. The number of hydrogen-bond donors (Lipinski definition) is 2. The van der Waals surface area contributed by atoms with Crippen molar-refractivity contribution in [2.45, 2.75) is 62.7 Å². The number of benzene rings is 1. The SMILES string of the molecule is O=C(CCCSc1ccc(Cl)cc1)NNC(=O)CC12CC3CC(CC(C3)C1)C2. The number of nitrogens with one attached hydrogen (secondary N) is 2. The van der Waals surface area contributed by atoms with Crippen LogP contribution in [0.2, 0.25) is 5.02 Å². The van der Waals surface area contributed by atoms with Crippen molar-refractivity contribution in [2.24, 2.45) is 23.2 Å². The van der Waals surface area contributed by atoms with Gasteiger partial charge in [0.1, 0.15) is 0 Å². The van der Waals surface area contributed by atoms with Crippen molar-refractivity contribution < 1.29 is 9.59 Å². The highest BCUT2D eigenvalue weighted by Crippen LogP contribution is 2.61. The van der Waals surface area contributed by atoms with Gasteiger partial charge in [0.15, 0.2) is 0 Å². The Morgan fingerprint density at radius 2 is 1.54 bits per heavy atom. The van der Waals surface area contributed by atoms with Crippen molar-refractivity contribution in [1.29, 1.82) is 0 Å². The molecule has 2 N–H and O–H groups in total. The zero-order valence-electron chi connectivity index (χ0n) is 16.2. The Morgan fingerprint density at radius 3 is 2.14 bits per heavy atom. The van der Waals surface area contributed by atoms with E-state index in [1.165, 1.54) is 38.5 Å². The summed E-state index contributed by atoms with van der Waals surface area (Å²) in [7, 11) is 0. The lowest BCUT2D eigenvalue weighted by molar-refractivity contribution is -0.134. The first-order valence-corrected chi connectivity index (χ1v) is 11.8. The molecule has 4 aliphatic rings. The summed E-state index contributed by atoms with van der Waals surface area (Å²) in [5.74, 6) is 3.24. The van der Waals surface area contributed by atoms with E-state index in [0.717, 1.165) is 39.8 Å². The Balaban J connectivity index is 1.13. The minimum Gasteiger partial charge on any atom is -0.273 e. The summed E-state index contributed by atoms with van der Waals surface area (Å²) in [4.78, 5) is 25.6. The average molecular weight is 421 g/mol. The van der Waals surface area contributed by atoms with Crippen LogP contribution in [0.1, 0.15) is 57.8 Å². The van der Waals surface area contributed by atoms with Gasteiger partial charge in [-0.05, 0) is 98.1 Å². The van der Waals surface area contributed by atoms with Gasteiger partial charge in [-0.25, -0.2) is 0 Å². The van der Waals surface area contributed by atoms with E-state index in [0.29, 0.717) is 12.8 Å². The molecule has 4 bridgehead atoms. The molecule has 0 aliphatic heterocycles. The van der Waals surface area contributed by atoms with Gasteiger partial charge in [0.2, 0.25) is 11.8 Å². The Bertz CT molecular complexity index is 686. The summed E-state index contributed by atoms with van der Waals surface area (Å²) in [6.45, 7) is 0. The van der Waals surface area contributed by atoms with Crippen molar-refractivity contribution in [3.05, 3.63) is 29.3 Å². The van der Waals surface area contributed by atoms with Crippen LogP contribution >= 0.6 is 23.4 Å². The maximum atomic E-state index is 12.4. The second kappa shape index (κ2) is 8.66. The van der Waals surface area contributed by atoms with Gasteiger partial charge in [-0.2, -0.15) is 0 Å². The summed E-state index contributed by atoms with van der Waals surface area (Å²) in [6, 6.07) is 7.71. The fourth-order valence-electron chi connectivity index (χ4n) is 6.05. The van der Waals surface area contributed by atoms with Gasteiger partial charge in [0.25, 0.3) is 0 Å². The Kier molecular flexibility index (Phi) is 6.21. The molecule has 0 unspecified atom stereocenters. The molecule has 0 aromatic heterocycles. The first kappa shape index (κ1) is 20.1. The molecule has 0 spiro atoms. The van der Waals surface area contributed by atoms with Crippen LogP contribution in [0.25, 0.3) is 0 Å². The summed E-state index contributed by atoms with van der Waals surface area (Å²) < 4.78 is 0. The van der Waals surface area contributed by atoms with Gasteiger partial charge >= 0.3 is 0 Å².